The summed E-state index contributed by atoms with van der Waals surface area (Å²) in [7, 11) is 3.34. The van der Waals surface area contributed by atoms with Crippen molar-refractivity contribution in [3.63, 3.8) is 0 Å². The lowest BCUT2D eigenvalue weighted by molar-refractivity contribution is 0.0984. The third kappa shape index (κ3) is 2.71. The van der Waals surface area contributed by atoms with Crippen molar-refractivity contribution in [2.24, 2.45) is 17.9 Å². The van der Waals surface area contributed by atoms with Crippen LogP contribution in [-0.4, -0.2) is 33.8 Å². The number of carbonyl (C=O) groups excluding carboxylic acids is 1. The Morgan fingerprint density at radius 3 is 2.67 bits per heavy atom. The van der Waals surface area contributed by atoms with Crippen LogP contribution in [0.15, 0.2) is 35.5 Å². The summed E-state index contributed by atoms with van der Waals surface area (Å²) in [5.74, 6) is -0.275. The van der Waals surface area contributed by atoms with Crippen molar-refractivity contribution in [3.05, 3.63) is 47.3 Å². The van der Waals surface area contributed by atoms with Gasteiger partial charge in [0.15, 0.2) is 5.84 Å². The zero-order valence-corrected chi connectivity index (χ0v) is 12.1. The maximum absolute atomic E-state index is 12.6. The van der Waals surface area contributed by atoms with Gasteiger partial charge in [-0.15, -0.1) is 0 Å². The van der Waals surface area contributed by atoms with Crippen LogP contribution in [0, 0.1) is 6.92 Å². The summed E-state index contributed by atoms with van der Waals surface area (Å²) in [4.78, 5) is 14.0. The minimum Gasteiger partial charge on any atom is -0.409 e. The first-order valence-corrected chi connectivity index (χ1v) is 6.31. The van der Waals surface area contributed by atoms with E-state index >= 15 is 0 Å². The molecule has 110 valence electrons. The number of hydrogen-bond donors (Lipinski definition) is 2. The standard InChI is InChI=1S/C14H17N5O2/c1-9-8-12(19(3)16-9)14(20)18(2)11-7-5-4-6-10(11)13(15)17-21/h4-8,21H,1-3H3,(H2,15,17). The number of amides is 1. The van der Waals surface area contributed by atoms with Crippen LogP contribution in [0.1, 0.15) is 21.7 Å². The first-order chi connectivity index (χ1) is 9.95. The second kappa shape index (κ2) is 5.66. The van der Waals surface area contributed by atoms with E-state index in [1.54, 1.807) is 44.4 Å². The van der Waals surface area contributed by atoms with Gasteiger partial charge in [-0.3, -0.25) is 9.48 Å². The third-order valence-electron chi connectivity index (χ3n) is 3.17. The van der Waals surface area contributed by atoms with E-state index in [0.717, 1.165) is 5.69 Å². The van der Waals surface area contributed by atoms with Crippen LogP contribution < -0.4 is 10.6 Å². The van der Waals surface area contributed by atoms with Gasteiger partial charge in [-0.1, -0.05) is 17.3 Å². The van der Waals surface area contributed by atoms with E-state index in [4.69, 9.17) is 10.9 Å². The average Bonchev–Trinajstić information content (AvgIpc) is 2.83. The van der Waals surface area contributed by atoms with Gasteiger partial charge in [0.2, 0.25) is 0 Å². The van der Waals surface area contributed by atoms with Gasteiger partial charge in [-0.05, 0) is 25.1 Å². The van der Waals surface area contributed by atoms with Gasteiger partial charge >= 0.3 is 0 Å². The number of anilines is 1. The quantitative estimate of drug-likeness (QED) is 0.382. The van der Waals surface area contributed by atoms with Crippen LogP contribution in [0.2, 0.25) is 0 Å². The molecule has 0 aliphatic carbocycles. The van der Waals surface area contributed by atoms with Crippen molar-refractivity contribution in [3.8, 4) is 0 Å². The van der Waals surface area contributed by atoms with Gasteiger partial charge in [-0.2, -0.15) is 5.10 Å². The number of aromatic nitrogens is 2. The molecule has 3 N–H and O–H groups in total. The molecule has 0 aliphatic heterocycles. The number of nitrogens with two attached hydrogens (primary N) is 1. The normalized spacial score (nSPS) is 11.5. The Labute approximate surface area is 122 Å². The number of hydrogen-bond acceptors (Lipinski definition) is 4. The van der Waals surface area contributed by atoms with Crippen LogP contribution in [0.3, 0.4) is 0 Å². The second-order valence-electron chi connectivity index (χ2n) is 4.66. The van der Waals surface area contributed by atoms with E-state index < -0.39 is 0 Å². The SMILES string of the molecule is Cc1cc(C(=O)N(C)c2ccccc2/C(N)=N/O)n(C)n1. The molecule has 0 fully saturated rings. The Morgan fingerprint density at radius 2 is 2.10 bits per heavy atom. The Morgan fingerprint density at radius 1 is 1.43 bits per heavy atom. The summed E-state index contributed by atoms with van der Waals surface area (Å²) >= 11 is 0. The van der Waals surface area contributed by atoms with Crippen molar-refractivity contribution in [2.45, 2.75) is 6.92 Å². The summed E-state index contributed by atoms with van der Waals surface area (Å²) in [5, 5.41) is 16.0. The van der Waals surface area contributed by atoms with Gasteiger partial charge in [0.25, 0.3) is 5.91 Å². The Balaban J connectivity index is 2.43. The fourth-order valence-corrected chi connectivity index (χ4v) is 2.13. The summed E-state index contributed by atoms with van der Waals surface area (Å²) in [6.45, 7) is 1.82. The number of amidine groups is 1. The van der Waals surface area contributed by atoms with Gasteiger partial charge in [0.05, 0.1) is 11.4 Å². The molecule has 0 unspecified atom stereocenters. The minimum atomic E-state index is -0.226. The highest BCUT2D eigenvalue weighted by atomic mass is 16.4. The largest absolute Gasteiger partial charge is 0.409 e. The van der Waals surface area contributed by atoms with E-state index in [1.165, 1.54) is 9.58 Å². The predicted octanol–water partition coefficient (Wildman–Crippen LogP) is 1.10. The summed E-state index contributed by atoms with van der Waals surface area (Å²) in [5.41, 5.74) is 7.91. The minimum absolute atomic E-state index is 0.0496. The van der Waals surface area contributed by atoms with E-state index in [0.29, 0.717) is 16.9 Å². The number of para-hydroxylation sites is 1. The van der Waals surface area contributed by atoms with E-state index in [9.17, 15) is 4.79 Å². The Bertz CT molecular complexity index is 705. The van der Waals surface area contributed by atoms with Gasteiger partial charge < -0.3 is 15.8 Å². The smallest absolute Gasteiger partial charge is 0.276 e. The van der Waals surface area contributed by atoms with Crippen molar-refractivity contribution in [2.75, 3.05) is 11.9 Å². The molecule has 7 heteroatoms. The van der Waals surface area contributed by atoms with Crippen LogP contribution in [0.5, 0.6) is 0 Å². The number of nitrogens with zero attached hydrogens (tertiary/aromatic N) is 4. The zero-order chi connectivity index (χ0) is 15.6. The maximum Gasteiger partial charge on any atom is 0.276 e. The van der Waals surface area contributed by atoms with E-state index in [2.05, 4.69) is 10.3 Å². The molecule has 0 radical (unpaired) electrons. The number of aryl methyl sites for hydroxylation is 2. The molecule has 0 bridgehead atoms. The topological polar surface area (TPSA) is 96.7 Å². The van der Waals surface area contributed by atoms with Crippen LogP contribution in [0.25, 0.3) is 0 Å². The van der Waals surface area contributed by atoms with Crippen molar-refractivity contribution < 1.29 is 10.0 Å². The number of carbonyl (C=O) groups is 1. The highest BCUT2D eigenvalue weighted by Gasteiger charge is 2.20. The molecule has 0 atom stereocenters. The fraction of sp³-hybridized carbons (Fsp3) is 0.214. The Hall–Kier alpha value is -2.83. The molecule has 21 heavy (non-hydrogen) atoms. The van der Waals surface area contributed by atoms with Crippen molar-refractivity contribution in [1.29, 1.82) is 0 Å². The number of oxime groups is 1. The highest BCUT2D eigenvalue weighted by Crippen LogP contribution is 2.21. The fourth-order valence-electron chi connectivity index (χ4n) is 2.13. The van der Waals surface area contributed by atoms with Crippen molar-refractivity contribution in [1.82, 2.24) is 9.78 Å². The van der Waals surface area contributed by atoms with E-state index in [-0.39, 0.29) is 11.7 Å². The lowest BCUT2D eigenvalue weighted by Gasteiger charge is -2.20. The maximum atomic E-state index is 12.6. The first kappa shape index (κ1) is 14.6. The second-order valence-corrected chi connectivity index (χ2v) is 4.66. The Kier molecular flexibility index (Phi) is 3.93. The molecular formula is C14H17N5O2. The molecule has 1 aromatic carbocycles. The number of benzene rings is 1. The molecule has 1 heterocycles. The van der Waals surface area contributed by atoms with Gasteiger partial charge in [0.1, 0.15) is 5.69 Å². The molecule has 0 spiro atoms. The zero-order valence-electron chi connectivity index (χ0n) is 12.1. The molecule has 0 saturated heterocycles. The molecular weight excluding hydrogens is 270 g/mol. The molecule has 2 rings (SSSR count). The molecule has 2 aromatic rings. The molecule has 0 saturated carbocycles. The third-order valence-corrected chi connectivity index (χ3v) is 3.17. The highest BCUT2D eigenvalue weighted by molar-refractivity contribution is 6.10. The molecule has 7 nitrogen and oxygen atoms in total. The lowest BCUT2D eigenvalue weighted by atomic mass is 10.1. The molecule has 1 aromatic heterocycles. The first-order valence-electron chi connectivity index (χ1n) is 6.31. The van der Waals surface area contributed by atoms with E-state index in [1.807, 2.05) is 6.92 Å². The summed E-state index contributed by atoms with van der Waals surface area (Å²) in [6, 6.07) is 8.66. The van der Waals surface area contributed by atoms with Crippen LogP contribution in [0.4, 0.5) is 5.69 Å². The van der Waals surface area contributed by atoms with Gasteiger partial charge in [0, 0.05) is 19.7 Å². The number of rotatable bonds is 3. The predicted molar refractivity (Wildman–Crippen MR) is 79.6 cm³/mol. The van der Waals surface area contributed by atoms with Crippen molar-refractivity contribution >= 4 is 17.4 Å². The van der Waals surface area contributed by atoms with Gasteiger partial charge in [-0.25, -0.2) is 0 Å². The monoisotopic (exact) mass is 287 g/mol. The van der Waals surface area contributed by atoms with Crippen LogP contribution in [-0.2, 0) is 7.05 Å². The van der Waals surface area contributed by atoms with Crippen LogP contribution >= 0.6 is 0 Å². The summed E-state index contributed by atoms with van der Waals surface area (Å²) < 4.78 is 1.53. The lowest BCUT2D eigenvalue weighted by Crippen LogP contribution is -2.30. The average molecular weight is 287 g/mol. The molecule has 0 aliphatic rings. The molecule has 1 amide bonds. The summed E-state index contributed by atoms with van der Waals surface area (Å²) in [6.07, 6.45) is 0.